The molecule has 4 rings (SSSR count). The van der Waals surface area contributed by atoms with Gasteiger partial charge < -0.3 is 15.0 Å². The van der Waals surface area contributed by atoms with E-state index in [4.69, 9.17) is 11.6 Å². The fraction of sp³-hybridized carbons (Fsp3) is 0.308. The van der Waals surface area contributed by atoms with Gasteiger partial charge in [0.25, 0.3) is 0 Å². The summed E-state index contributed by atoms with van der Waals surface area (Å²) in [6.45, 7) is 3.28. The van der Waals surface area contributed by atoms with E-state index in [9.17, 15) is 14.7 Å². The molecule has 3 heterocycles. The van der Waals surface area contributed by atoms with Gasteiger partial charge in [0.1, 0.15) is 6.10 Å². The first-order valence-electron chi connectivity index (χ1n) is 11.5. The van der Waals surface area contributed by atoms with Crippen LogP contribution in [0.2, 0.25) is 5.02 Å². The fourth-order valence-corrected chi connectivity index (χ4v) is 5.64. The molecule has 8 nitrogen and oxygen atoms in total. The number of benzene rings is 1. The standard InChI is InChI=1S/C26H28ClN5O3S/c1-16-21(15-31(2)14-20(33)26-28-9-4-10-29-26)36-25-23(16)32(3)13-18(24(25)35)11-22(34)30-12-17-5-7-19(27)8-6-17/h4-10,13,20,33H,11-12,14-15H2,1-3H3,(H,30,34). The van der Waals surface area contributed by atoms with Crippen LogP contribution in [0.1, 0.15) is 33.5 Å². The number of hydrogen-bond acceptors (Lipinski definition) is 7. The van der Waals surface area contributed by atoms with Crippen molar-refractivity contribution in [3.05, 3.63) is 91.6 Å². The van der Waals surface area contributed by atoms with Crippen molar-refractivity contribution in [2.75, 3.05) is 13.6 Å². The van der Waals surface area contributed by atoms with Crippen molar-refractivity contribution in [1.82, 2.24) is 24.8 Å². The summed E-state index contributed by atoms with van der Waals surface area (Å²) in [5.74, 6) is 0.163. The molecule has 0 aliphatic rings. The highest BCUT2D eigenvalue weighted by molar-refractivity contribution is 7.19. The molecule has 1 amide bonds. The Bertz CT molecular complexity index is 1420. The SMILES string of the molecule is Cc1c(CN(C)CC(O)c2ncccn2)sc2c(=O)c(CC(=O)NCc3ccc(Cl)cc3)cn(C)c12. The Morgan fingerprint density at radius 3 is 2.64 bits per heavy atom. The lowest BCUT2D eigenvalue weighted by Crippen LogP contribution is -2.27. The minimum absolute atomic E-state index is 0.00561. The van der Waals surface area contributed by atoms with Crippen molar-refractivity contribution in [2.45, 2.75) is 32.5 Å². The van der Waals surface area contributed by atoms with Crippen LogP contribution < -0.4 is 10.7 Å². The van der Waals surface area contributed by atoms with Gasteiger partial charge in [-0.3, -0.25) is 14.5 Å². The molecule has 0 fully saturated rings. The van der Waals surface area contributed by atoms with Gasteiger partial charge in [-0.2, -0.15) is 0 Å². The Labute approximate surface area is 218 Å². The number of aliphatic hydroxyl groups is 1. The number of fused-ring (bicyclic) bond motifs is 1. The molecule has 4 aromatic rings. The summed E-state index contributed by atoms with van der Waals surface area (Å²) in [5, 5.41) is 14.0. The van der Waals surface area contributed by atoms with Crippen molar-refractivity contribution in [2.24, 2.45) is 7.05 Å². The van der Waals surface area contributed by atoms with E-state index >= 15 is 0 Å². The third kappa shape index (κ3) is 5.99. The minimum atomic E-state index is -0.810. The van der Waals surface area contributed by atoms with E-state index in [1.54, 1.807) is 36.8 Å². The molecule has 36 heavy (non-hydrogen) atoms. The highest BCUT2D eigenvalue weighted by Gasteiger charge is 2.20. The van der Waals surface area contributed by atoms with Crippen molar-refractivity contribution >= 4 is 39.1 Å². The summed E-state index contributed by atoms with van der Waals surface area (Å²) in [5.41, 5.74) is 3.15. The number of rotatable bonds is 9. The van der Waals surface area contributed by atoms with Crippen LogP contribution in [-0.2, 0) is 31.4 Å². The number of carbonyl (C=O) groups excluding carboxylic acids is 1. The number of aliphatic hydroxyl groups excluding tert-OH is 1. The molecule has 188 valence electrons. The Balaban J connectivity index is 1.47. The van der Waals surface area contributed by atoms with Crippen LogP contribution in [-0.4, -0.2) is 44.0 Å². The predicted octanol–water partition coefficient (Wildman–Crippen LogP) is 3.38. The van der Waals surface area contributed by atoms with Crippen molar-refractivity contribution in [3.8, 4) is 0 Å². The van der Waals surface area contributed by atoms with Gasteiger partial charge in [-0.1, -0.05) is 23.7 Å². The average Bonchev–Trinajstić information content (AvgIpc) is 3.18. The topological polar surface area (TPSA) is 100 Å². The van der Waals surface area contributed by atoms with Crippen LogP contribution in [0.4, 0.5) is 0 Å². The molecule has 3 aromatic heterocycles. The zero-order chi connectivity index (χ0) is 25.8. The number of amides is 1. The molecule has 1 unspecified atom stereocenters. The lowest BCUT2D eigenvalue weighted by molar-refractivity contribution is -0.120. The smallest absolute Gasteiger partial charge is 0.224 e. The summed E-state index contributed by atoms with van der Waals surface area (Å²) in [7, 11) is 3.80. The van der Waals surface area contributed by atoms with Crippen LogP contribution >= 0.6 is 22.9 Å². The van der Waals surface area contributed by atoms with Gasteiger partial charge in [0.15, 0.2) is 5.82 Å². The lowest BCUT2D eigenvalue weighted by Gasteiger charge is -2.19. The monoisotopic (exact) mass is 525 g/mol. The van der Waals surface area contributed by atoms with Crippen LogP contribution in [0.5, 0.6) is 0 Å². The number of halogens is 1. The van der Waals surface area contributed by atoms with Crippen molar-refractivity contribution < 1.29 is 9.90 Å². The first-order chi connectivity index (χ1) is 17.2. The molecule has 0 spiro atoms. The second-order valence-corrected chi connectivity index (χ2v) is 10.4. The Morgan fingerprint density at radius 2 is 1.94 bits per heavy atom. The van der Waals surface area contributed by atoms with Gasteiger partial charge in [0.05, 0.1) is 16.6 Å². The number of nitrogens with one attached hydrogen (secondary N) is 1. The Morgan fingerprint density at radius 1 is 1.25 bits per heavy atom. The maximum absolute atomic E-state index is 13.3. The third-order valence-electron chi connectivity index (χ3n) is 5.95. The van der Waals surface area contributed by atoms with E-state index in [0.717, 1.165) is 21.5 Å². The first kappa shape index (κ1) is 26.0. The summed E-state index contributed by atoms with van der Waals surface area (Å²) >= 11 is 7.34. The highest BCUT2D eigenvalue weighted by atomic mass is 35.5. The molecule has 0 aliphatic heterocycles. The van der Waals surface area contributed by atoms with Gasteiger partial charge in [0, 0.05) is 60.7 Å². The van der Waals surface area contributed by atoms with Crippen molar-refractivity contribution in [3.63, 3.8) is 0 Å². The van der Waals surface area contributed by atoms with Crippen LogP contribution in [0.25, 0.3) is 10.2 Å². The quantitative estimate of drug-likeness (QED) is 0.347. The summed E-state index contributed by atoms with van der Waals surface area (Å²) in [4.78, 5) is 37.1. The van der Waals surface area contributed by atoms with Gasteiger partial charge in [-0.25, -0.2) is 9.97 Å². The molecule has 10 heteroatoms. The number of nitrogens with zero attached hydrogens (tertiary/aromatic N) is 4. The number of pyridine rings is 1. The van der Waals surface area contributed by atoms with Gasteiger partial charge in [-0.15, -0.1) is 11.3 Å². The highest BCUT2D eigenvalue weighted by Crippen LogP contribution is 2.30. The molecular formula is C26H28ClN5O3S. The van der Waals surface area contributed by atoms with E-state index in [2.05, 4.69) is 15.3 Å². The fourth-order valence-electron chi connectivity index (χ4n) is 4.12. The number of thiophene rings is 1. The second kappa shape index (κ2) is 11.3. The van der Waals surface area contributed by atoms with Gasteiger partial charge >= 0.3 is 0 Å². The van der Waals surface area contributed by atoms with Crippen LogP contribution in [0, 0.1) is 6.92 Å². The number of carbonyl (C=O) groups is 1. The number of aromatic nitrogens is 3. The molecule has 1 atom stereocenters. The first-order valence-corrected chi connectivity index (χ1v) is 12.7. The maximum Gasteiger partial charge on any atom is 0.224 e. The molecule has 0 aliphatic carbocycles. The van der Waals surface area contributed by atoms with E-state index < -0.39 is 6.10 Å². The van der Waals surface area contributed by atoms with Gasteiger partial charge in [0.2, 0.25) is 11.3 Å². The van der Waals surface area contributed by atoms with Crippen molar-refractivity contribution in [1.29, 1.82) is 0 Å². The number of hydrogen-bond donors (Lipinski definition) is 2. The van der Waals surface area contributed by atoms with E-state index in [0.29, 0.717) is 40.7 Å². The largest absolute Gasteiger partial charge is 0.384 e. The Kier molecular flexibility index (Phi) is 8.15. The van der Waals surface area contributed by atoms with E-state index in [-0.39, 0.29) is 17.8 Å². The lowest BCUT2D eigenvalue weighted by atomic mass is 10.1. The summed E-state index contributed by atoms with van der Waals surface area (Å²) in [6, 6.07) is 8.96. The summed E-state index contributed by atoms with van der Waals surface area (Å²) < 4.78 is 2.55. The number of likely N-dealkylation sites (N-methyl/N-ethyl adjacent to an activating group) is 1. The van der Waals surface area contributed by atoms with Gasteiger partial charge in [-0.05, 0) is 43.3 Å². The second-order valence-electron chi connectivity index (χ2n) is 8.82. The van der Waals surface area contributed by atoms with E-state index in [1.165, 1.54) is 11.3 Å². The zero-order valence-electron chi connectivity index (χ0n) is 20.4. The third-order valence-corrected chi connectivity index (χ3v) is 7.47. The average molecular weight is 526 g/mol. The maximum atomic E-state index is 13.3. The molecule has 0 saturated heterocycles. The molecular weight excluding hydrogens is 498 g/mol. The molecule has 2 N–H and O–H groups in total. The molecule has 0 saturated carbocycles. The zero-order valence-corrected chi connectivity index (χ0v) is 21.9. The van der Waals surface area contributed by atoms with Crippen LogP contribution in [0.15, 0.2) is 53.7 Å². The van der Waals surface area contributed by atoms with E-state index in [1.807, 2.05) is 42.6 Å². The molecule has 1 aromatic carbocycles. The molecule has 0 bridgehead atoms. The summed E-state index contributed by atoms with van der Waals surface area (Å²) in [6.07, 6.45) is 4.15. The predicted molar refractivity (Wildman–Crippen MR) is 142 cm³/mol. The van der Waals surface area contributed by atoms with Crippen LogP contribution in [0.3, 0.4) is 0 Å². The molecule has 0 radical (unpaired) electrons. The Hall–Kier alpha value is -3.11. The normalized spacial score (nSPS) is 12.3. The minimum Gasteiger partial charge on any atom is -0.384 e. The number of aryl methyl sites for hydroxylation is 2.